The van der Waals surface area contributed by atoms with Crippen LogP contribution in [-0.4, -0.2) is 5.71 Å². The molecule has 1 heteroatoms. The van der Waals surface area contributed by atoms with Crippen LogP contribution in [0.3, 0.4) is 0 Å². The predicted molar refractivity (Wildman–Crippen MR) is 92.0 cm³/mol. The molecule has 0 spiro atoms. The Morgan fingerprint density at radius 1 is 1.05 bits per heavy atom. The molecule has 0 atom stereocenters. The number of allylic oxidation sites excluding steroid dienone is 3. The Balaban J connectivity index is 2.11. The number of nitrogens with one attached hydrogen (secondary N) is 1. The predicted octanol–water partition coefficient (Wildman–Crippen LogP) is 5.19. The van der Waals surface area contributed by atoms with E-state index in [1.807, 2.05) is 24.3 Å². The van der Waals surface area contributed by atoms with Gasteiger partial charge in [0.2, 0.25) is 0 Å². The first-order valence-corrected chi connectivity index (χ1v) is 7.22. The minimum absolute atomic E-state index is 0.513. The summed E-state index contributed by atoms with van der Waals surface area (Å²) in [7, 11) is 0. The van der Waals surface area contributed by atoms with Gasteiger partial charge in [-0.05, 0) is 47.8 Å². The fourth-order valence-electron chi connectivity index (χ4n) is 2.10. The lowest BCUT2D eigenvalue weighted by molar-refractivity contribution is 1.14. The molecule has 2 aromatic carbocycles. The SMILES string of the molecule is C=C(/C=C\C(=N)c1cccc(CC)c1)c1ccc(C)cc1. The Morgan fingerprint density at radius 3 is 2.43 bits per heavy atom. The second kappa shape index (κ2) is 6.85. The van der Waals surface area contributed by atoms with Crippen molar-refractivity contribution in [2.45, 2.75) is 20.3 Å². The van der Waals surface area contributed by atoms with Crippen LogP contribution in [0, 0.1) is 12.3 Å². The summed E-state index contributed by atoms with van der Waals surface area (Å²) in [6.45, 7) is 8.26. The molecule has 2 rings (SSSR count). The van der Waals surface area contributed by atoms with Crippen LogP contribution >= 0.6 is 0 Å². The highest BCUT2D eigenvalue weighted by Crippen LogP contribution is 2.15. The fourth-order valence-corrected chi connectivity index (χ4v) is 2.10. The van der Waals surface area contributed by atoms with E-state index >= 15 is 0 Å². The molecule has 2 aromatic rings. The van der Waals surface area contributed by atoms with Crippen LogP contribution in [0.1, 0.15) is 29.2 Å². The van der Waals surface area contributed by atoms with Crippen molar-refractivity contribution in [1.82, 2.24) is 0 Å². The van der Waals surface area contributed by atoms with E-state index in [-0.39, 0.29) is 0 Å². The maximum Gasteiger partial charge on any atom is 0.0612 e. The van der Waals surface area contributed by atoms with Crippen LogP contribution < -0.4 is 0 Å². The molecule has 0 heterocycles. The fraction of sp³-hybridized carbons (Fsp3) is 0.150. The highest BCUT2D eigenvalue weighted by molar-refractivity contribution is 6.07. The molecule has 21 heavy (non-hydrogen) atoms. The van der Waals surface area contributed by atoms with Crippen molar-refractivity contribution >= 4 is 11.3 Å². The molecule has 0 radical (unpaired) electrons. The standard InChI is InChI=1S/C20H21N/c1-4-17-6-5-7-19(14-17)20(21)13-10-16(3)18-11-8-15(2)9-12-18/h5-14,21H,3-4H2,1-2H3/b13-10-,21-20?. The quantitative estimate of drug-likeness (QED) is 0.573. The Hall–Kier alpha value is -2.41. The third kappa shape index (κ3) is 4.03. The van der Waals surface area contributed by atoms with Gasteiger partial charge in [-0.3, -0.25) is 0 Å². The Labute approximate surface area is 127 Å². The van der Waals surface area contributed by atoms with Gasteiger partial charge in [0, 0.05) is 0 Å². The number of rotatable bonds is 5. The largest absolute Gasteiger partial charge is 0.300 e. The smallest absolute Gasteiger partial charge is 0.0612 e. The summed E-state index contributed by atoms with van der Waals surface area (Å²) >= 11 is 0. The van der Waals surface area contributed by atoms with E-state index in [4.69, 9.17) is 5.41 Å². The van der Waals surface area contributed by atoms with Gasteiger partial charge in [0.25, 0.3) is 0 Å². The zero-order chi connectivity index (χ0) is 15.2. The Bertz CT molecular complexity index is 675. The van der Waals surface area contributed by atoms with Crippen molar-refractivity contribution in [3.63, 3.8) is 0 Å². The summed E-state index contributed by atoms with van der Waals surface area (Å²) in [5, 5.41) is 8.16. The molecular weight excluding hydrogens is 254 g/mol. The monoisotopic (exact) mass is 275 g/mol. The molecule has 106 valence electrons. The summed E-state index contributed by atoms with van der Waals surface area (Å²) < 4.78 is 0. The number of hydrogen-bond donors (Lipinski definition) is 1. The van der Waals surface area contributed by atoms with Gasteiger partial charge in [-0.25, -0.2) is 0 Å². The topological polar surface area (TPSA) is 23.9 Å². The van der Waals surface area contributed by atoms with E-state index in [0.717, 1.165) is 23.1 Å². The van der Waals surface area contributed by atoms with E-state index in [0.29, 0.717) is 5.71 Å². The lowest BCUT2D eigenvalue weighted by Gasteiger charge is -2.03. The van der Waals surface area contributed by atoms with Crippen molar-refractivity contribution in [1.29, 1.82) is 5.41 Å². The zero-order valence-electron chi connectivity index (χ0n) is 12.7. The second-order valence-electron chi connectivity index (χ2n) is 5.19. The summed E-state index contributed by atoms with van der Waals surface area (Å²) in [5.41, 5.74) is 5.96. The average molecular weight is 275 g/mol. The molecule has 0 fully saturated rings. The molecule has 0 saturated heterocycles. The van der Waals surface area contributed by atoms with Crippen molar-refractivity contribution in [3.8, 4) is 0 Å². The second-order valence-corrected chi connectivity index (χ2v) is 5.19. The first-order chi connectivity index (χ1) is 10.1. The van der Waals surface area contributed by atoms with E-state index in [9.17, 15) is 0 Å². The van der Waals surface area contributed by atoms with Gasteiger partial charge in [0.15, 0.2) is 0 Å². The van der Waals surface area contributed by atoms with Crippen LogP contribution in [0.25, 0.3) is 5.57 Å². The molecule has 0 aliphatic carbocycles. The summed E-state index contributed by atoms with van der Waals surface area (Å²) in [6, 6.07) is 16.4. The van der Waals surface area contributed by atoms with E-state index < -0.39 is 0 Å². The molecule has 1 N–H and O–H groups in total. The molecule has 0 aliphatic rings. The van der Waals surface area contributed by atoms with Gasteiger partial charge in [0.05, 0.1) is 5.71 Å². The molecule has 0 saturated carbocycles. The molecule has 0 aliphatic heterocycles. The molecule has 0 bridgehead atoms. The van der Waals surface area contributed by atoms with Crippen molar-refractivity contribution < 1.29 is 0 Å². The molecule has 1 nitrogen and oxygen atoms in total. The van der Waals surface area contributed by atoms with Crippen LogP contribution in [0.15, 0.2) is 67.3 Å². The third-order valence-corrected chi connectivity index (χ3v) is 3.52. The van der Waals surface area contributed by atoms with E-state index in [1.54, 1.807) is 0 Å². The molecular formula is C20H21N. The van der Waals surface area contributed by atoms with Gasteiger partial charge in [0.1, 0.15) is 0 Å². The molecule has 0 unspecified atom stereocenters. The molecule has 0 aromatic heterocycles. The zero-order valence-corrected chi connectivity index (χ0v) is 12.7. The third-order valence-electron chi connectivity index (χ3n) is 3.52. The van der Waals surface area contributed by atoms with Crippen LogP contribution in [0.2, 0.25) is 0 Å². The van der Waals surface area contributed by atoms with Crippen LogP contribution in [0.4, 0.5) is 0 Å². The number of benzene rings is 2. The number of hydrogen-bond acceptors (Lipinski definition) is 1. The Kier molecular flexibility index (Phi) is 4.89. The Morgan fingerprint density at radius 2 is 1.76 bits per heavy atom. The summed E-state index contributed by atoms with van der Waals surface area (Å²) in [5.74, 6) is 0. The highest BCUT2D eigenvalue weighted by atomic mass is 14.4. The van der Waals surface area contributed by atoms with E-state index in [2.05, 4.69) is 56.8 Å². The highest BCUT2D eigenvalue weighted by Gasteiger charge is 2.00. The minimum atomic E-state index is 0.513. The van der Waals surface area contributed by atoms with Gasteiger partial charge in [-0.2, -0.15) is 0 Å². The van der Waals surface area contributed by atoms with Gasteiger partial charge >= 0.3 is 0 Å². The van der Waals surface area contributed by atoms with Crippen molar-refractivity contribution in [2.24, 2.45) is 0 Å². The lowest BCUT2D eigenvalue weighted by atomic mass is 10.0. The molecule has 0 amide bonds. The maximum atomic E-state index is 8.16. The summed E-state index contributed by atoms with van der Waals surface area (Å²) in [6.07, 6.45) is 4.71. The normalized spacial score (nSPS) is 10.8. The maximum absolute atomic E-state index is 8.16. The number of aryl methyl sites for hydroxylation is 2. The summed E-state index contributed by atoms with van der Waals surface area (Å²) in [4.78, 5) is 0. The van der Waals surface area contributed by atoms with E-state index in [1.165, 1.54) is 11.1 Å². The van der Waals surface area contributed by atoms with Gasteiger partial charge < -0.3 is 5.41 Å². The van der Waals surface area contributed by atoms with Crippen LogP contribution in [-0.2, 0) is 6.42 Å². The van der Waals surface area contributed by atoms with Crippen molar-refractivity contribution in [2.75, 3.05) is 0 Å². The van der Waals surface area contributed by atoms with Gasteiger partial charge in [-0.1, -0.05) is 67.6 Å². The van der Waals surface area contributed by atoms with Crippen molar-refractivity contribution in [3.05, 3.63) is 89.5 Å². The minimum Gasteiger partial charge on any atom is -0.300 e. The van der Waals surface area contributed by atoms with Gasteiger partial charge in [-0.15, -0.1) is 0 Å². The van der Waals surface area contributed by atoms with Crippen LogP contribution in [0.5, 0.6) is 0 Å². The average Bonchev–Trinajstić information content (AvgIpc) is 2.53. The first kappa shape index (κ1) is 15.0. The first-order valence-electron chi connectivity index (χ1n) is 7.22. The lowest BCUT2D eigenvalue weighted by Crippen LogP contribution is -1.95.